The van der Waals surface area contributed by atoms with E-state index < -0.39 is 0 Å². The van der Waals surface area contributed by atoms with Gasteiger partial charge in [-0.1, -0.05) is 29.8 Å². The summed E-state index contributed by atoms with van der Waals surface area (Å²) in [5, 5.41) is 9.75. The Bertz CT molecular complexity index is 499. The minimum absolute atomic E-state index is 0.0240. The largest absolute Gasteiger partial charge is 0.396 e. The molecule has 4 heteroatoms. The van der Waals surface area contributed by atoms with Crippen LogP contribution in [0.2, 0.25) is 5.02 Å². The first-order chi connectivity index (χ1) is 9.11. The number of carbonyl (C=O) groups excluding carboxylic acids is 1. The van der Waals surface area contributed by atoms with Crippen molar-refractivity contribution in [3.8, 4) is 0 Å². The van der Waals surface area contributed by atoms with Gasteiger partial charge in [0.1, 0.15) is 0 Å². The van der Waals surface area contributed by atoms with Crippen LogP contribution in [-0.4, -0.2) is 35.6 Å². The molecule has 0 spiro atoms. The number of halogens is 1. The maximum Gasteiger partial charge on any atom is 0.249 e. The van der Waals surface area contributed by atoms with Gasteiger partial charge in [0.15, 0.2) is 0 Å². The van der Waals surface area contributed by atoms with E-state index in [1.807, 2.05) is 30.3 Å². The number of aliphatic hydroxyl groups excluding tert-OH is 1. The van der Waals surface area contributed by atoms with Crippen molar-refractivity contribution >= 4 is 23.6 Å². The van der Waals surface area contributed by atoms with Gasteiger partial charge in [-0.25, -0.2) is 0 Å². The molecule has 1 N–H and O–H groups in total. The Morgan fingerprint density at radius 1 is 1.53 bits per heavy atom. The van der Waals surface area contributed by atoms with Crippen LogP contribution in [0.3, 0.4) is 0 Å². The average molecular weight is 280 g/mol. The summed E-state index contributed by atoms with van der Waals surface area (Å²) in [6, 6.07) is 7.46. The zero-order valence-corrected chi connectivity index (χ0v) is 11.7. The number of hydrogen-bond donors (Lipinski definition) is 1. The molecule has 0 saturated carbocycles. The minimum atomic E-state index is 0.0240. The highest BCUT2D eigenvalue weighted by Gasteiger charge is 2.26. The van der Waals surface area contributed by atoms with E-state index in [4.69, 9.17) is 16.7 Å². The summed E-state index contributed by atoms with van der Waals surface area (Å²) in [6.45, 7) is 3.32. The van der Waals surface area contributed by atoms with Gasteiger partial charge in [0.2, 0.25) is 5.91 Å². The number of nitrogens with zero attached hydrogens (tertiary/aromatic N) is 1. The number of likely N-dealkylation sites (tertiary alicyclic amines) is 1. The van der Waals surface area contributed by atoms with E-state index in [0.29, 0.717) is 17.1 Å². The van der Waals surface area contributed by atoms with Gasteiger partial charge in [-0.05, 0) is 31.1 Å². The fraction of sp³-hybridized carbons (Fsp3) is 0.400. The molecule has 1 aliphatic rings. The van der Waals surface area contributed by atoms with Gasteiger partial charge in [-0.2, -0.15) is 0 Å². The molecule has 0 bridgehead atoms. The molecule has 1 fully saturated rings. The molecule has 1 aromatic rings. The van der Waals surface area contributed by atoms with E-state index in [-0.39, 0.29) is 18.4 Å². The van der Waals surface area contributed by atoms with Gasteiger partial charge in [0, 0.05) is 36.2 Å². The lowest BCUT2D eigenvalue weighted by Crippen LogP contribution is -2.29. The van der Waals surface area contributed by atoms with E-state index in [1.54, 1.807) is 11.8 Å². The van der Waals surface area contributed by atoms with E-state index in [9.17, 15) is 4.79 Å². The van der Waals surface area contributed by atoms with Crippen LogP contribution in [0.25, 0.3) is 6.08 Å². The number of amides is 1. The fourth-order valence-electron chi connectivity index (χ4n) is 2.30. The van der Waals surface area contributed by atoms with Crippen LogP contribution < -0.4 is 0 Å². The van der Waals surface area contributed by atoms with Gasteiger partial charge in [-0.15, -0.1) is 0 Å². The number of aliphatic hydroxyl groups is 1. The van der Waals surface area contributed by atoms with Gasteiger partial charge in [0.05, 0.1) is 0 Å². The number of rotatable bonds is 3. The van der Waals surface area contributed by atoms with E-state index in [2.05, 4.69) is 0 Å². The molecule has 0 aliphatic carbocycles. The van der Waals surface area contributed by atoms with Crippen molar-refractivity contribution in [2.75, 3.05) is 19.7 Å². The van der Waals surface area contributed by atoms with Crippen molar-refractivity contribution in [3.05, 3.63) is 40.4 Å². The smallest absolute Gasteiger partial charge is 0.249 e. The molecular weight excluding hydrogens is 262 g/mol. The SMILES string of the molecule is C/C(=C/c1ccccc1Cl)C(=O)N1CCC(CO)C1. The minimum Gasteiger partial charge on any atom is -0.396 e. The topological polar surface area (TPSA) is 40.5 Å². The molecule has 1 atom stereocenters. The lowest BCUT2D eigenvalue weighted by molar-refractivity contribution is -0.126. The van der Waals surface area contributed by atoms with Crippen molar-refractivity contribution in [1.82, 2.24) is 4.90 Å². The molecule has 1 aromatic carbocycles. The van der Waals surface area contributed by atoms with Crippen LogP contribution in [-0.2, 0) is 4.79 Å². The second kappa shape index (κ2) is 6.22. The second-order valence-corrected chi connectivity index (χ2v) is 5.34. The molecule has 0 radical (unpaired) electrons. The predicted octanol–water partition coefficient (Wildman–Crippen LogP) is 2.58. The maximum atomic E-state index is 12.3. The lowest BCUT2D eigenvalue weighted by atomic mass is 10.1. The summed E-state index contributed by atoms with van der Waals surface area (Å²) in [5.41, 5.74) is 1.53. The van der Waals surface area contributed by atoms with Crippen molar-refractivity contribution in [3.63, 3.8) is 0 Å². The van der Waals surface area contributed by atoms with Gasteiger partial charge < -0.3 is 10.0 Å². The van der Waals surface area contributed by atoms with Crippen molar-refractivity contribution in [1.29, 1.82) is 0 Å². The van der Waals surface area contributed by atoms with Crippen molar-refractivity contribution in [2.24, 2.45) is 5.92 Å². The monoisotopic (exact) mass is 279 g/mol. The zero-order valence-electron chi connectivity index (χ0n) is 11.0. The average Bonchev–Trinajstić information content (AvgIpc) is 2.89. The van der Waals surface area contributed by atoms with E-state index in [0.717, 1.165) is 18.5 Å². The Hall–Kier alpha value is -1.32. The highest BCUT2D eigenvalue weighted by Crippen LogP contribution is 2.21. The second-order valence-electron chi connectivity index (χ2n) is 4.94. The Morgan fingerprint density at radius 3 is 2.89 bits per heavy atom. The highest BCUT2D eigenvalue weighted by molar-refractivity contribution is 6.32. The molecular formula is C15H18ClNO2. The number of benzene rings is 1. The van der Waals surface area contributed by atoms with Crippen LogP contribution >= 0.6 is 11.6 Å². The van der Waals surface area contributed by atoms with Gasteiger partial charge >= 0.3 is 0 Å². The van der Waals surface area contributed by atoms with Crippen LogP contribution in [0.15, 0.2) is 29.8 Å². The molecule has 1 amide bonds. The molecule has 19 heavy (non-hydrogen) atoms. The summed E-state index contributed by atoms with van der Waals surface area (Å²) >= 11 is 6.08. The maximum absolute atomic E-state index is 12.3. The quantitative estimate of drug-likeness (QED) is 0.864. The predicted molar refractivity (Wildman–Crippen MR) is 76.9 cm³/mol. The third kappa shape index (κ3) is 3.37. The van der Waals surface area contributed by atoms with Crippen LogP contribution in [0, 0.1) is 5.92 Å². The standard InChI is InChI=1S/C15H18ClNO2/c1-11(8-13-4-2-3-5-14(13)16)15(19)17-7-6-12(9-17)10-18/h2-5,8,12,18H,6-7,9-10H2,1H3/b11-8-. The van der Waals surface area contributed by atoms with Gasteiger partial charge in [0.25, 0.3) is 0 Å². The highest BCUT2D eigenvalue weighted by atomic mass is 35.5. The molecule has 1 unspecified atom stereocenters. The first kappa shape index (κ1) is 14.1. The van der Waals surface area contributed by atoms with E-state index >= 15 is 0 Å². The van der Waals surface area contributed by atoms with Crippen LogP contribution in [0.4, 0.5) is 0 Å². The Balaban J connectivity index is 2.09. The Kier molecular flexibility index (Phi) is 4.61. The first-order valence-corrected chi connectivity index (χ1v) is 6.82. The molecule has 102 valence electrons. The first-order valence-electron chi connectivity index (χ1n) is 6.44. The van der Waals surface area contributed by atoms with Crippen LogP contribution in [0.1, 0.15) is 18.9 Å². The third-order valence-corrected chi connectivity index (χ3v) is 3.79. The summed E-state index contributed by atoms with van der Waals surface area (Å²) < 4.78 is 0. The number of carbonyl (C=O) groups is 1. The van der Waals surface area contributed by atoms with Crippen molar-refractivity contribution in [2.45, 2.75) is 13.3 Å². The normalized spacial score (nSPS) is 19.8. The van der Waals surface area contributed by atoms with Crippen LogP contribution in [0.5, 0.6) is 0 Å². The molecule has 3 nitrogen and oxygen atoms in total. The van der Waals surface area contributed by atoms with Gasteiger partial charge in [-0.3, -0.25) is 4.79 Å². The summed E-state index contributed by atoms with van der Waals surface area (Å²) in [5.74, 6) is 0.243. The molecule has 1 aliphatic heterocycles. The molecule has 0 aromatic heterocycles. The summed E-state index contributed by atoms with van der Waals surface area (Å²) in [7, 11) is 0. The van der Waals surface area contributed by atoms with E-state index in [1.165, 1.54) is 0 Å². The van der Waals surface area contributed by atoms with Crippen molar-refractivity contribution < 1.29 is 9.90 Å². The fourth-order valence-corrected chi connectivity index (χ4v) is 2.49. The summed E-state index contributed by atoms with van der Waals surface area (Å²) in [4.78, 5) is 14.1. The molecule has 1 saturated heterocycles. The summed E-state index contributed by atoms with van der Waals surface area (Å²) in [6.07, 6.45) is 2.69. The zero-order chi connectivity index (χ0) is 13.8. The third-order valence-electron chi connectivity index (χ3n) is 3.45. The number of hydrogen-bond acceptors (Lipinski definition) is 2. The lowest BCUT2D eigenvalue weighted by Gasteiger charge is -2.16. The molecule has 2 rings (SSSR count). The Morgan fingerprint density at radius 2 is 2.26 bits per heavy atom. The molecule has 1 heterocycles. The Labute approximate surface area is 118 Å².